The van der Waals surface area contributed by atoms with Crippen LogP contribution in [0.25, 0.3) is 80.6 Å². The summed E-state index contributed by atoms with van der Waals surface area (Å²) >= 11 is 1.87. The van der Waals surface area contributed by atoms with Crippen molar-refractivity contribution < 1.29 is 0 Å². The van der Waals surface area contributed by atoms with Crippen molar-refractivity contribution in [1.29, 1.82) is 0 Å². The number of rotatable bonds is 2. The minimum Gasteiger partial charge on any atom is -0.355 e. The first kappa shape index (κ1) is 21.1. The zero-order valence-electron chi connectivity index (χ0n) is 21.0. The third-order valence-electron chi connectivity index (χ3n) is 8.13. The maximum absolute atomic E-state index is 3.55. The normalized spacial score (nSPS) is 12.1. The fourth-order valence-corrected chi connectivity index (χ4v) is 7.51. The van der Waals surface area contributed by atoms with E-state index in [2.05, 4.69) is 137 Å². The monoisotopic (exact) mass is 514 g/mol. The molecule has 0 bridgehead atoms. The van der Waals surface area contributed by atoms with Crippen molar-refractivity contribution in [1.82, 2.24) is 9.55 Å². The Bertz CT molecular complexity index is 2400. The van der Waals surface area contributed by atoms with Gasteiger partial charge in [0.15, 0.2) is 0 Å². The molecule has 2 nitrogen and oxygen atoms in total. The molecule has 0 amide bonds. The van der Waals surface area contributed by atoms with Crippen LogP contribution in [0.4, 0.5) is 0 Å². The summed E-state index contributed by atoms with van der Waals surface area (Å²) in [5, 5.41) is 7.74. The quantitative estimate of drug-likeness (QED) is 0.237. The third kappa shape index (κ3) is 2.96. The lowest BCUT2D eigenvalue weighted by Gasteiger charge is -2.11. The van der Waals surface area contributed by atoms with Crippen molar-refractivity contribution in [2.24, 2.45) is 0 Å². The number of benzene rings is 6. The van der Waals surface area contributed by atoms with Crippen LogP contribution >= 0.6 is 11.3 Å². The van der Waals surface area contributed by atoms with Crippen LogP contribution in [0.1, 0.15) is 0 Å². The van der Waals surface area contributed by atoms with Gasteiger partial charge in [-0.25, -0.2) is 0 Å². The summed E-state index contributed by atoms with van der Waals surface area (Å²) in [6.45, 7) is 0. The summed E-state index contributed by atoms with van der Waals surface area (Å²) in [7, 11) is 0. The van der Waals surface area contributed by atoms with Crippen molar-refractivity contribution in [3.8, 4) is 16.8 Å². The van der Waals surface area contributed by atoms with E-state index in [1.54, 1.807) is 0 Å². The molecule has 0 saturated carbocycles. The van der Waals surface area contributed by atoms with E-state index in [9.17, 15) is 0 Å². The number of H-pyrrole nitrogens is 1. The summed E-state index contributed by atoms with van der Waals surface area (Å²) in [5.74, 6) is 0. The molecule has 0 atom stereocenters. The number of hydrogen-bond acceptors (Lipinski definition) is 1. The van der Waals surface area contributed by atoms with Gasteiger partial charge in [0.05, 0.1) is 16.7 Å². The number of aromatic amines is 1. The van der Waals surface area contributed by atoms with Gasteiger partial charge in [-0.2, -0.15) is 0 Å². The van der Waals surface area contributed by atoms with Crippen LogP contribution in [0.2, 0.25) is 0 Å². The van der Waals surface area contributed by atoms with Gasteiger partial charge in [-0.3, -0.25) is 0 Å². The van der Waals surface area contributed by atoms with E-state index < -0.39 is 0 Å². The van der Waals surface area contributed by atoms with E-state index in [-0.39, 0.29) is 0 Å². The van der Waals surface area contributed by atoms with Crippen LogP contribution < -0.4 is 0 Å². The molecule has 9 rings (SSSR count). The number of hydrogen-bond donors (Lipinski definition) is 1. The maximum atomic E-state index is 3.55. The second-order valence-corrected chi connectivity index (χ2v) is 11.3. The first-order valence-corrected chi connectivity index (χ1v) is 14.1. The van der Waals surface area contributed by atoms with Crippen LogP contribution in [0.3, 0.4) is 0 Å². The summed E-state index contributed by atoms with van der Waals surface area (Å²) in [6, 6.07) is 46.5. The molecule has 6 aromatic carbocycles. The lowest BCUT2D eigenvalue weighted by Crippen LogP contribution is -1.94. The molecular formula is C36H22N2S. The number of fused-ring (bicyclic) bond motifs is 9. The zero-order valence-corrected chi connectivity index (χ0v) is 21.8. The van der Waals surface area contributed by atoms with Crippen LogP contribution in [0.5, 0.6) is 0 Å². The van der Waals surface area contributed by atoms with Crippen LogP contribution in [-0.4, -0.2) is 9.55 Å². The SMILES string of the molecule is c1ccc2c(c1)[nH]c1ccc(-c3ccc4c(c3)c3ccccc3n4-c3cccc4sc5ccccc5c34)cc12. The summed E-state index contributed by atoms with van der Waals surface area (Å²) < 4.78 is 5.11. The number of nitrogens with zero attached hydrogens (tertiary/aromatic N) is 1. The van der Waals surface area contributed by atoms with Crippen LogP contribution in [0.15, 0.2) is 127 Å². The van der Waals surface area contributed by atoms with Gasteiger partial charge >= 0.3 is 0 Å². The molecular weight excluding hydrogens is 492 g/mol. The summed E-state index contributed by atoms with van der Waals surface area (Å²) in [5.41, 5.74) is 8.53. The molecule has 3 aromatic heterocycles. The van der Waals surface area contributed by atoms with E-state index in [0.29, 0.717) is 0 Å². The van der Waals surface area contributed by atoms with Crippen LogP contribution in [-0.2, 0) is 0 Å². The Hall–Kier alpha value is -4.86. The van der Waals surface area contributed by atoms with E-state index in [0.717, 1.165) is 0 Å². The number of thiophene rings is 1. The molecule has 0 spiro atoms. The molecule has 0 aliphatic rings. The predicted molar refractivity (Wildman–Crippen MR) is 168 cm³/mol. The molecule has 1 N–H and O–H groups in total. The molecule has 3 heterocycles. The fraction of sp³-hybridized carbons (Fsp3) is 0. The molecule has 0 unspecified atom stereocenters. The predicted octanol–water partition coefficient (Wildman–Crippen LogP) is 10.5. The van der Waals surface area contributed by atoms with Crippen LogP contribution in [0, 0.1) is 0 Å². The van der Waals surface area contributed by atoms with Crippen molar-refractivity contribution in [3.63, 3.8) is 0 Å². The van der Waals surface area contributed by atoms with Gasteiger partial charge in [0.1, 0.15) is 0 Å². The average molecular weight is 515 g/mol. The highest BCUT2D eigenvalue weighted by Gasteiger charge is 2.17. The fourth-order valence-electron chi connectivity index (χ4n) is 6.38. The minimum atomic E-state index is 1.17. The molecule has 0 aliphatic heterocycles. The second-order valence-electron chi connectivity index (χ2n) is 10.3. The van der Waals surface area contributed by atoms with Gasteiger partial charge in [0, 0.05) is 52.8 Å². The number of para-hydroxylation sites is 2. The van der Waals surface area contributed by atoms with Gasteiger partial charge in [0.2, 0.25) is 0 Å². The Morgan fingerprint density at radius 2 is 1.13 bits per heavy atom. The van der Waals surface area contributed by atoms with E-state index in [1.165, 1.54) is 80.6 Å². The highest BCUT2D eigenvalue weighted by atomic mass is 32.1. The summed E-state index contributed by atoms with van der Waals surface area (Å²) in [6.07, 6.45) is 0. The molecule has 9 aromatic rings. The van der Waals surface area contributed by atoms with Crippen molar-refractivity contribution in [2.45, 2.75) is 0 Å². The van der Waals surface area contributed by atoms with Gasteiger partial charge in [-0.05, 0) is 65.7 Å². The first-order valence-electron chi connectivity index (χ1n) is 13.3. The topological polar surface area (TPSA) is 20.7 Å². The smallest absolute Gasteiger partial charge is 0.0555 e. The largest absolute Gasteiger partial charge is 0.355 e. The third-order valence-corrected chi connectivity index (χ3v) is 9.27. The zero-order chi connectivity index (χ0) is 25.5. The van der Waals surface area contributed by atoms with Gasteiger partial charge in [-0.1, -0.05) is 72.8 Å². The first-order chi connectivity index (χ1) is 19.3. The molecule has 39 heavy (non-hydrogen) atoms. The Morgan fingerprint density at radius 1 is 0.462 bits per heavy atom. The highest BCUT2D eigenvalue weighted by molar-refractivity contribution is 7.25. The Kier molecular flexibility index (Phi) is 4.24. The molecule has 3 heteroatoms. The van der Waals surface area contributed by atoms with Crippen molar-refractivity contribution in [3.05, 3.63) is 127 Å². The maximum Gasteiger partial charge on any atom is 0.0555 e. The summed E-state index contributed by atoms with van der Waals surface area (Å²) in [4.78, 5) is 3.55. The minimum absolute atomic E-state index is 1.17. The standard InChI is InChI=1S/C36H22N2S/c1-4-11-29-24(8-1)27-20-22(16-18-30(27)37-29)23-17-19-32-28(21-23)25-9-2-5-12-31(25)38(32)33-13-7-15-35-36(33)26-10-3-6-14-34(26)39-35/h1-21,37H. The Morgan fingerprint density at radius 3 is 2.05 bits per heavy atom. The lowest BCUT2D eigenvalue weighted by molar-refractivity contribution is 1.20. The molecule has 182 valence electrons. The Labute approximate surface area is 228 Å². The van der Waals surface area contributed by atoms with E-state index in [4.69, 9.17) is 0 Å². The Balaban J connectivity index is 1.32. The molecule has 0 saturated heterocycles. The van der Waals surface area contributed by atoms with Crippen molar-refractivity contribution in [2.75, 3.05) is 0 Å². The number of aromatic nitrogens is 2. The molecule has 0 radical (unpaired) electrons. The number of nitrogens with one attached hydrogen (secondary N) is 1. The second kappa shape index (κ2) is 7.83. The van der Waals surface area contributed by atoms with E-state index >= 15 is 0 Å². The van der Waals surface area contributed by atoms with Gasteiger partial charge in [0.25, 0.3) is 0 Å². The van der Waals surface area contributed by atoms with Crippen molar-refractivity contribution >= 4 is 75.1 Å². The van der Waals surface area contributed by atoms with E-state index in [1.807, 2.05) is 11.3 Å². The van der Waals surface area contributed by atoms with Gasteiger partial charge < -0.3 is 9.55 Å². The van der Waals surface area contributed by atoms with Gasteiger partial charge in [-0.15, -0.1) is 11.3 Å². The lowest BCUT2D eigenvalue weighted by atomic mass is 10.0. The average Bonchev–Trinajstić information content (AvgIpc) is 3.66. The molecule has 0 aliphatic carbocycles. The highest BCUT2D eigenvalue weighted by Crippen LogP contribution is 2.41. The molecule has 0 fully saturated rings.